The summed E-state index contributed by atoms with van der Waals surface area (Å²) in [5, 5.41) is 6.88. The number of alkyl halides is 3. The van der Waals surface area contributed by atoms with Crippen LogP contribution in [0.1, 0.15) is 24.8 Å². The molecular formula is C15H15F3N4O2. The summed E-state index contributed by atoms with van der Waals surface area (Å²) in [7, 11) is 1.66. The Hall–Kier alpha value is -2.42. The van der Waals surface area contributed by atoms with Crippen LogP contribution in [0.3, 0.4) is 0 Å². The van der Waals surface area contributed by atoms with Gasteiger partial charge in [0.1, 0.15) is 5.54 Å². The molecule has 1 saturated heterocycles. The van der Waals surface area contributed by atoms with E-state index in [-0.39, 0.29) is 29.6 Å². The van der Waals surface area contributed by atoms with Gasteiger partial charge in [0, 0.05) is 12.6 Å². The highest BCUT2D eigenvalue weighted by molar-refractivity contribution is 5.78. The Labute approximate surface area is 135 Å². The van der Waals surface area contributed by atoms with Crippen LogP contribution in [-0.2, 0) is 16.5 Å². The molecule has 1 atom stereocenters. The molecule has 1 N–H and O–H groups in total. The molecule has 1 aliphatic rings. The maximum absolute atomic E-state index is 12.8. The second kappa shape index (κ2) is 5.59. The zero-order chi connectivity index (χ0) is 17.5. The first-order valence-corrected chi connectivity index (χ1v) is 7.20. The summed E-state index contributed by atoms with van der Waals surface area (Å²) in [6.07, 6.45) is -4.33. The third-order valence-corrected chi connectivity index (χ3v) is 3.98. The van der Waals surface area contributed by atoms with Crippen molar-refractivity contribution in [1.29, 1.82) is 0 Å². The molecule has 24 heavy (non-hydrogen) atoms. The third kappa shape index (κ3) is 2.99. The van der Waals surface area contributed by atoms with Crippen molar-refractivity contribution >= 4 is 5.91 Å². The monoisotopic (exact) mass is 340 g/mol. The molecule has 0 saturated carbocycles. The molecule has 1 fully saturated rings. The molecule has 0 aliphatic carbocycles. The molecule has 0 bridgehead atoms. The molecule has 1 amide bonds. The lowest BCUT2D eigenvalue weighted by atomic mass is 9.95. The van der Waals surface area contributed by atoms with E-state index >= 15 is 0 Å². The number of nitrogens with zero attached hydrogens (tertiary/aromatic N) is 3. The standard InChI is InChI=1S/C15H15F3N4O2/c1-14(7-11(23)22(2)8-19-14)13-20-12(21-24-13)9-4-3-5-10(6-9)15(16,17)18/h3-6,19H,7-8H2,1-2H3. The summed E-state index contributed by atoms with van der Waals surface area (Å²) >= 11 is 0. The molecule has 1 aromatic carbocycles. The van der Waals surface area contributed by atoms with Crippen molar-refractivity contribution in [2.75, 3.05) is 13.7 Å². The molecule has 0 spiro atoms. The average molecular weight is 340 g/mol. The maximum Gasteiger partial charge on any atom is 0.416 e. The van der Waals surface area contributed by atoms with Gasteiger partial charge in [0.05, 0.1) is 18.7 Å². The van der Waals surface area contributed by atoms with Crippen molar-refractivity contribution in [3.05, 3.63) is 35.7 Å². The molecule has 2 heterocycles. The highest BCUT2D eigenvalue weighted by Crippen LogP contribution is 2.32. The molecule has 2 aromatic rings. The van der Waals surface area contributed by atoms with Gasteiger partial charge in [0.25, 0.3) is 0 Å². The summed E-state index contributed by atoms with van der Waals surface area (Å²) in [4.78, 5) is 17.6. The maximum atomic E-state index is 12.8. The fraction of sp³-hybridized carbons (Fsp3) is 0.400. The minimum absolute atomic E-state index is 0.0468. The van der Waals surface area contributed by atoms with Crippen molar-refractivity contribution in [2.24, 2.45) is 0 Å². The Morgan fingerprint density at radius 1 is 1.38 bits per heavy atom. The number of rotatable bonds is 2. The van der Waals surface area contributed by atoms with Gasteiger partial charge >= 0.3 is 6.18 Å². The lowest BCUT2D eigenvalue weighted by molar-refractivity contribution is -0.137. The lowest BCUT2D eigenvalue weighted by Crippen LogP contribution is -2.54. The number of carbonyl (C=O) groups excluding carboxylic acids is 1. The fourth-order valence-electron chi connectivity index (χ4n) is 2.43. The van der Waals surface area contributed by atoms with Gasteiger partial charge in [0.2, 0.25) is 17.6 Å². The Kier molecular flexibility index (Phi) is 3.83. The van der Waals surface area contributed by atoms with E-state index in [2.05, 4.69) is 15.5 Å². The number of hydrogen-bond acceptors (Lipinski definition) is 5. The van der Waals surface area contributed by atoms with E-state index in [4.69, 9.17) is 4.52 Å². The Morgan fingerprint density at radius 2 is 2.12 bits per heavy atom. The van der Waals surface area contributed by atoms with Crippen LogP contribution in [0.25, 0.3) is 11.4 Å². The number of aromatic nitrogens is 2. The quantitative estimate of drug-likeness (QED) is 0.909. The van der Waals surface area contributed by atoms with Crippen molar-refractivity contribution in [1.82, 2.24) is 20.4 Å². The predicted molar refractivity (Wildman–Crippen MR) is 77.5 cm³/mol. The van der Waals surface area contributed by atoms with Crippen molar-refractivity contribution in [2.45, 2.75) is 25.1 Å². The van der Waals surface area contributed by atoms with Crippen LogP contribution < -0.4 is 5.32 Å². The minimum atomic E-state index is -4.45. The second-order valence-corrected chi connectivity index (χ2v) is 5.94. The van der Waals surface area contributed by atoms with E-state index in [1.807, 2.05) is 0 Å². The van der Waals surface area contributed by atoms with Gasteiger partial charge in [-0.3, -0.25) is 10.1 Å². The highest BCUT2D eigenvalue weighted by Gasteiger charge is 2.40. The van der Waals surface area contributed by atoms with E-state index in [1.54, 1.807) is 14.0 Å². The molecule has 1 aliphatic heterocycles. The number of nitrogens with one attached hydrogen (secondary N) is 1. The summed E-state index contributed by atoms with van der Waals surface area (Å²) in [6.45, 7) is 2.05. The van der Waals surface area contributed by atoms with Crippen LogP contribution in [0, 0.1) is 0 Å². The van der Waals surface area contributed by atoms with Gasteiger partial charge in [0.15, 0.2) is 0 Å². The Balaban J connectivity index is 1.90. The van der Waals surface area contributed by atoms with Gasteiger partial charge in [-0.15, -0.1) is 0 Å². The van der Waals surface area contributed by atoms with Gasteiger partial charge in [-0.25, -0.2) is 0 Å². The number of halogens is 3. The van der Waals surface area contributed by atoms with Crippen molar-refractivity contribution < 1.29 is 22.5 Å². The normalized spacial score (nSPS) is 22.0. The van der Waals surface area contributed by atoms with Gasteiger partial charge in [-0.2, -0.15) is 18.2 Å². The van der Waals surface area contributed by atoms with E-state index in [0.717, 1.165) is 12.1 Å². The zero-order valence-electron chi connectivity index (χ0n) is 13.0. The van der Waals surface area contributed by atoms with Crippen LogP contribution >= 0.6 is 0 Å². The molecule has 1 unspecified atom stereocenters. The fourth-order valence-corrected chi connectivity index (χ4v) is 2.43. The Bertz CT molecular complexity index is 774. The van der Waals surface area contributed by atoms with E-state index < -0.39 is 17.3 Å². The SMILES string of the molecule is CN1CNC(C)(c2nc(-c3cccc(C(F)(F)F)c3)no2)CC1=O. The topological polar surface area (TPSA) is 71.3 Å². The highest BCUT2D eigenvalue weighted by atomic mass is 19.4. The number of hydrogen-bond donors (Lipinski definition) is 1. The van der Waals surface area contributed by atoms with Crippen molar-refractivity contribution in [3.63, 3.8) is 0 Å². The van der Waals surface area contributed by atoms with Crippen LogP contribution in [0.15, 0.2) is 28.8 Å². The van der Waals surface area contributed by atoms with Crippen LogP contribution in [0.4, 0.5) is 13.2 Å². The first kappa shape index (κ1) is 16.4. The first-order valence-electron chi connectivity index (χ1n) is 7.20. The summed E-state index contributed by atoms with van der Waals surface area (Å²) in [5.41, 5.74) is -1.44. The first-order chi connectivity index (χ1) is 11.2. The molecule has 128 valence electrons. The smallest absolute Gasteiger partial charge is 0.337 e. The molecule has 0 radical (unpaired) electrons. The number of amides is 1. The van der Waals surface area contributed by atoms with Crippen molar-refractivity contribution in [3.8, 4) is 11.4 Å². The summed E-state index contributed by atoms with van der Waals surface area (Å²) in [5.74, 6) is 0.122. The predicted octanol–water partition coefficient (Wildman–Crippen LogP) is 2.38. The van der Waals surface area contributed by atoms with Gasteiger partial charge < -0.3 is 9.42 Å². The van der Waals surface area contributed by atoms with E-state index in [9.17, 15) is 18.0 Å². The summed E-state index contributed by atoms with van der Waals surface area (Å²) in [6, 6.07) is 4.69. The third-order valence-electron chi connectivity index (χ3n) is 3.98. The largest absolute Gasteiger partial charge is 0.416 e. The molecule has 1 aromatic heterocycles. The molecular weight excluding hydrogens is 325 g/mol. The second-order valence-electron chi connectivity index (χ2n) is 5.94. The number of benzene rings is 1. The van der Waals surface area contributed by atoms with E-state index in [1.165, 1.54) is 17.0 Å². The van der Waals surface area contributed by atoms with Crippen LogP contribution in [0.5, 0.6) is 0 Å². The minimum Gasteiger partial charge on any atom is -0.337 e. The lowest BCUT2D eigenvalue weighted by Gasteiger charge is -2.35. The van der Waals surface area contributed by atoms with Gasteiger partial charge in [-0.05, 0) is 19.1 Å². The van der Waals surface area contributed by atoms with Gasteiger partial charge in [-0.1, -0.05) is 17.3 Å². The molecule has 3 rings (SSSR count). The van der Waals surface area contributed by atoms with E-state index in [0.29, 0.717) is 6.67 Å². The Morgan fingerprint density at radius 3 is 2.79 bits per heavy atom. The molecule has 9 heteroatoms. The van der Waals surface area contributed by atoms with Crippen LogP contribution in [-0.4, -0.2) is 34.7 Å². The zero-order valence-corrected chi connectivity index (χ0v) is 13.0. The molecule has 6 nitrogen and oxygen atoms in total. The van der Waals surface area contributed by atoms with Crippen LogP contribution in [0.2, 0.25) is 0 Å². The summed E-state index contributed by atoms with van der Waals surface area (Å²) < 4.78 is 43.6. The number of carbonyl (C=O) groups is 1. The average Bonchev–Trinajstić information content (AvgIpc) is 3.01.